The van der Waals surface area contributed by atoms with Crippen LogP contribution in [-0.4, -0.2) is 62.7 Å². The highest BCUT2D eigenvalue weighted by molar-refractivity contribution is 6.02. The minimum absolute atomic E-state index is 0.0422. The molecule has 2 atom stereocenters. The van der Waals surface area contributed by atoms with Crippen LogP contribution in [0.15, 0.2) is 30.3 Å². The average molecular weight is 340 g/mol. The van der Waals surface area contributed by atoms with Gasteiger partial charge in [-0.3, -0.25) is 14.3 Å². The van der Waals surface area contributed by atoms with Gasteiger partial charge in [-0.2, -0.15) is 0 Å². The fourth-order valence-corrected chi connectivity index (χ4v) is 3.72. The second-order valence-corrected chi connectivity index (χ2v) is 6.71. The molecule has 3 heterocycles. The molecule has 8 heteroatoms. The molecule has 2 aliphatic rings. The fourth-order valence-electron chi connectivity index (χ4n) is 3.72. The summed E-state index contributed by atoms with van der Waals surface area (Å²) in [5.41, 5.74) is 0.901. The number of fused-ring (bicyclic) bond motifs is 3. The van der Waals surface area contributed by atoms with Crippen LogP contribution in [0.5, 0.6) is 0 Å². The van der Waals surface area contributed by atoms with Crippen molar-refractivity contribution in [1.29, 1.82) is 0 Å². The molecular weight excluding hydrogens is 320 g/mol. The summed E-state index contributed by atoms with van der Waals surface area (Å²) >= 11 is 0. The molecule has 1 aromatic carbocycles. The number of rotatable bonds is 2. The molecule has 1 fully saturated rings. The number of hydrogen-bond acceptors (Lipinski definition) is 5. The van der Waals surface area contributed by atoms with Crippen LogP contribution >= 0.6 is 0 Å². The first kappa shape index (κ1) is 15.6. The van der Waals surface area contributed by atoms with Gasteiger partial charge in [-0.05, 0) is 13.8 Å². The maximum absolute atomic E-state index is 12.9. The number of benzene rings is 1. The molecule has 4 rings (SSSR count). The van der Waals surface area contributed by atoms with E-state index < -0.39 is 12.2 Å². The van der Waals surface area contributed by atoms with Gasteiger partial charge in [-0.1, -0.05) is 30.3 Å². The molecule has 0 N–H and O–H groups in total. The number of aromatic nitrogens is 3. The van der Waals surface area contributed by atoms with Crippen molar-refractivity contribution in [2.75, 3.05) is 19.0 Å². The number of hydrogen-bond donors (Lipinski definition) is 0. The van der Waals surface area contributed by atoms with E-state index in [2.05, 4.69) is 10.2 Å². The van der Waals surface area contributed by atoms with E-state index in [1.54, 1.807) is 11.9 Å². The van der Waals surface area contributed by atoms with Gasteiger partial charge < -0.3 is 9.80 Å². The minimum Gasteiger partial charge on any atom is -0.322 e. The molecular formula is C17H20N6O2. The summed E-state index contributed by atoms with van der Waals surface area (Å²) in [6, 6.07) is 8.90. The summed E-state index contributed by atoms with van der Waals surface area (Å²) in [4.78, 5) is 30.1. The van der Waals surface area contributed by atoms with Crippen molar-refractivity contribution in [2.45, 2.75) is 32.1 Å². The van der Waals surface area contributed by atoms with Gasteiger partial charge in [0.2, 0.25) is 5.95 Å². The Morgan fingerprint density at radius 3 is 2.36 bits per heavy atom. The van der Waals surface area contributed by atoms with E-state index in [-0.39, 0.29) is 18.0 Å². The van der Waals surface area contributed by atoms with Crippen LogP contribution in [-0.2, 0) is 4.79 Å². The van der Waals surface area contributed by atoms with Gasteiger partial charge >= 0.3 is 6.03 Å². The van der Waals surface area contributed by atoms with Gasteiger partial charge in [-0.15, -0.1) is 10.2 Å². The first-order valence-corrected chi connectivity index (χ1v) is 8.26. The molecule has 1 saturated heterocycles. The van der Waals surface area contributed by atoms with E-state index in [9.17, 15) is 9.59 Å². The molecule has 0 saturated carbocycles. The molecule has 25 heavy (non-hydrogen) atoms. The van der Waals surface area contributed by atoms with Gasteiger partial charge in [0.1, 0.15) is 6.17 Å². The monoisotopic (exact) mass is 340 g/mol. The third-order valence-corrected chi connectivity index (χ3v) is 4.91. The number of likely N-dealkylation sites (N-methyl/N-ethyl adjacent to an activating group) is 2. The zero-order chi connectivity index (χ0) is 17.9. The predicted octanol–water partition coefficient (Wildman–Crippen LogP) is 1.56. The fraction of sp³-hybridized carbons (Fsp3) is 0.412. The van der Waals surface area contributed by atoms with Crippen LogP contribution in [0.4, 0.5) is 10.7 Å². The molecule has 2 aromatic rings. The first-order chi connectivity index (χ1) is 11.9. The van der Waals surface area contributed by atoms with Gasteiger partial charge in [0, 0.05) is 25.7 Å². The van der Waals surface area contributed by atoms with Crippen molar-refractivity contribution < 1.29 is 9.59 Å². The molecule has 0 radical (unpaired) electrons. The normalized spacial score (nSPS) is 22.7. The van der Waals surface area contributed by atoms with Gasteiger partial charge in [-0.25, -0.2) is 4.79 Å². The zero-order valence-corrected chi connectivity index (χ0v) is 14.6. The Morgan fingerprint density at radius 2 is 1.72 bits per heavy atom. The third kappa shape index (κ3) is 2.00. The Hall–Kier alpha value is -2.90. The minimum atomic E-state index is -0.499. The molecule has 8 nitrogen and oxygen atoms in total. The number of amides is 3. The molecule has 0 spiro atoms. The van der Waals surface area contributed by atoms with Crippen LogP contribution in [0.1, 0.15) is 20.0 Å². The largest absolute Gasteiger partial charge is 0.327 e. The van der Waals surface area contributed by atoms with Gasteiger partial charge in [0.05, 0.1) is 0 Å². The van der Waals surface area contributed by atoms with Crippen molar-refractivity contribution in [1.82, 2.24) is 24.6 Å². The molecule has 0 bridgehead atoms. The lowest BCUT2D eigenvalue weighted by molar-refractivity contribution is -0.134. The zero-order valence-electron chi connectivity index (χ0n) is 14.6. The Morgan fingerprint density at radius 1 is 1.04 bits per heavy atom. The SMILES string of the molecule is CC(C)N1c2nnc(-c3ccccc3)n2C2C1C(=O)N(C)C(=O)N2C. The summed E-state index contributed by atoms with van der Waals surface area (Å²) < 4.78 is 1.91. The highest BCUT2D eigenvalue weighted by atomic mass is 16.2. The van der Waals surface area contributed by atoms with Gasteiger partial charge in [0.15, 0.2) is 11.9 Å². The van der Waals surface area contributed by atoms with Crippen LogP contribution in [0, 0.1) is 0 Å². The Labute approximate surface area is 145 Å². The lowest BCUT2D eigenvalue weighted by Crippen LogP contribution is -2.62. The van der Waals surface area contributed by atoms with Crippen LogP contribution in [0.2, 0.25) is 0 Å². The number of anilines is 1. The molecule has 3 amide bonds. The van der Waals surface area contributed by atoms with Crippen LogP contribution in [0.3, 0.4) is 0 Å². The molecule has 1 aromatic heterocycles. The number of imide groups is 1. The predicted molar refractivity (Wildman–Crippen MR) is 91.8 cm³/mol. The van der Waals surface area contributed by atoms with Crippen molar-refractivity contribution >= 4 is 17.9 Å². The molecule has 2 unspecified atom stereocenters. The summed E-state index contributed by atoms with van der Waals surface area (Å²) in [6.07, 6.45) is -0.459. The molecule has 2 aliphatic heterocycles. The van der Waals surface area contributed by atoms with Crippen LogP contribution < -0.4 is 4.90 Å². The number of urea groups is 1. The first-order valence-electron chi connectivity index (χ1n) is 8.26. The van der Waals surface area contributed by atoms with Crippen molar-refractivity contribution in [3.63, 3.8) is 0 Å². The average Bonchev–Trinajstić information content (AvgIpc) is 3.16. The van der Waals surface area contributed by atoms with E-state index in [4.69, 9.17) is 0 Å². The summed E-state index contributed by atoms with van der Waals surface area (Å²) in [6.45, 7) is 4.01. The Balaban J connectivity index is 1.93. The van der Waals surface area contributed by atoms with Crippen molar-refractivity contribution in [3.05, 3.63) is 30.3 Å². The smallest absolute Gasteiger partial charge is 0.322 e. The summed E-state index contributed by atoms with van der Waals surface area (Å²) in [7, 11) is 3.23. The van der Waals surface area contributed by atoms with E-state index in [1.807, 2.05) is 53.6 Å². The number of carbonyl (C=O) groups excluding carboxylic acids is 2. The second-order valence-electron chi connectivity index (χ2n) is 6.71. The van der Waals surface area contributed by atoms with E-state index >= 15 is 0 Å². The highest BCUT2D eigenvalue weighted by Crippen LogP contribution is 2.42. The summed E-state index contributed by atoms with van der Waals surface area (Å²) in [5, 5.41) is 8.69. The Kier molecular flexibility index (Phi) is 3.31. The Bertz CT molecular complexity index is 846. The quantitative estimate of drug-likeness (QED) is 0.829. The van der Waals surface area contributed by atoms with E-state index in [1.165, 1.54) is 11.9 Å². The van der Waals surface area contributed by atoms with Crippen LogP contribution in [0.25, 0.3) is 11.4 Å². The summed E-state index contributed by atoms with van der Waals surface area (Å²) in [5.74, 6) is 1.06. The van der Waals surface area contributed by atoms with Gasteiger partial charge in [0.25, 0.3) is 5.91 Å². The lowest BCUT2D eigenvalue weighted by atomic mass is 10.1. The topological polar surface area (TPSA) is 74.6 Å². The van der Waals surface area contributed by atoms with Crippen molar-refractivity contribution in [3.8, 4) is 11.4 Å². The maximum atomic E-state index is 12.9. The number of carbonyl (C=O) groups is 2. The van der Waals surface area contributed by atoms with E-state index in [0.29, 0.717) is 11.8 Å². The maximum Gasteiger partial charge on any atom is 0.327 e. The number of nitrogens with zero attached hydrogens (tertiary/aromatic N) is 6. The highest BCUT2D eigenvalue weighted by Gasteiger charge is 2.54. The standard InChI is InChI=1S/C17H20N6O2/c1-10(2)22-12-14(20(3)17(25)21(4)15(12)24)23-13(18-19-16(22)23)11-8-6-5-7-9-11/h5-10,12,14H,1-4H3. The third-order valence-electron chi connectivity index (χ3n) is 4.91. The molecule has 130 valence electrons. The lowest BCUT2D eigenvalue weighted by Gasteiger charge is -2.41. The van der Waals surface area contributed by atoms with Crippen molar-refractivity contribution in [2.24, 2.45) is 0 Å². The second kappa shape index (κ2) is 5.30. The van der Waals surface area contributed by atoms with E-state index in [0.717, 1.165) is 5.56 Å². The molecule has 0 aliphatic carbocycles.